The Morgan fingerprint density at radius 1 is 1.37 bits per heavy atom. The summed E-state index contributed by atoms with van der Waals surface area (Å²) in [6, 6.07) is 5.06. The Morgan fingerprint density at radius 3 is 2.53 bits per heavy atom. The summed E-state index contributed by atoms with van der Waals surface area (Å²) in [5, 5.41) is 0. The SMILES string of the molecule is CCCN(CC1CC1)c1ccc(S(C)(=O)=O)cc1N. The Labute approximate surface area is 115 Å². The summed E-state index contributed by atoms with van der Waals surface area (Å²) in [4.78, 5) is 2.57. The van der Waals surface area contributed by atoms with Gasteiger partial charge in [0, 0.05) is 19.3 Å². The molecule has 19 heavy (non-hydrogen) atoms. The molecule has 0 amide bonds. The van der Waals surface area contributed by atoms with Crippen LogP contribution in [0, 0.1) is 5.92 Å². The third kappa shape index (κ3) is 3.62. The van der Waals surface area contributed by atoms with Crippen LogP contribution in [0.4, 0.5) is 11.4 Å². The van der Waals surface area contributed by atoms with Crippen molar-refractivity contribution < 1.29 is 8.42 Å². The lowest BCUT2D eigenvalue weighted by Gasteiger charge is -2.26. The minimum atomic E-state index is -3.19. The van der Waals surface area contributed by atoms with Crippen LogP contribution in [0.1, 0.15) is 26.2 Å². The van der Waals surface area contributed by atoms with Crippen molar-refractivity contribution in [1.82, 2.24) is 0 Å². The van der Waals surface area contributed by atoms with Gasteiger partial charge in [-0.3, -0.25) is 0 Å². The van der Waals surface area contributed by atoms with Crippen molar-refractivity contribution in [1.29, 1.82) is 0 Å². The predicted octanol–water partition coefficient (Wildman–Crippen LogP) is 2.30. The molecule has 1 saturated carbocycles. The Balaban J connectivity index is 2.26. The first-order valence-corrected chi connectivity index (χ1v) is 8.65. The largest absolute Gasteiger partial charge is 0.397 e. The highest BCUT2D eigenvalue weighted by Crippen LogP contribution is 2.34. The zero-order valence-corrected chi connectivity index (χ0v) is 12.4. The summed E-state index contributed by atoms with van der Waals surface area (Å²) in [6.07, 6.45) is 4.85. The van der Waals surface area contributed by atoms with Crippen LogP contribution in [-0.4, -0.2) is 27.8 Å². The van der Waals surface area contributed by atoms with Gasteiger partial charge in [0.2, 0.25) is 0 Å². The van der Waals surface area contributed by atoms with Gasteiger partial charge < -0.3 is 10.6 Å². The number of nitrogens with two attached hydrogens (primary N) is 1. The average Bonchev–Trinajstić information content (AvgIpc) is 3.11. The molecule has 2 rings (SSSR count). The molecule has 106 valence electrons. The number of hydrogen-bond acceptors (Lipinski definition) is 4. The zero-order valence-electron chi connectivity index (χ0n) is 11.6. The third-order valence-electron chi connectivity index (χ3n) is 3.44. The fourth-order valence-electron chi connectivity index (χ4n) is 2.24. The van der Waals surface area contributed by atoms with Gasteiger partial charge in [0.25, 0.3) is 0 Å². The number of nitrogen functional groups attached to an aromatic ring is 1. The van der Waals surface area contributed by atoms with Crippen LogP contribution in [0.3, 0.4) is 0 Å². The molecule has 0 heterocycles. The number of benzene rings is 1. The van der Waals surface area contributed by atoms with Crippen molar-refractivity contribution >= 4 is 21.2 Å². The normalized spacial score (nSPS) is 15.5. The molecule has 0 unspecified atom stereocenters. The third-order valence-corrected chi connectivity index (χ3v) is 4.55. The van der Waals surface area contributed by atoms with E-state index < -0.39 is 9.84 Å². The van der Waals surface area contributed by atoms with E-state index >= 15 is 0 Å². The minimum absolute atomic E-state index is 0.289. The fraction of sp³-hybridized carbons (Fsp3) is 0.571. The highest BCUT2D eigenvalue weighted by molar-refractivity contribution is 7.90. The summed E-state index contributed by atoms with van der Waals surface area (Å²) >= 11 is 0. The van der Waals surface area contributed by atoms with Gasteiger partial charge in [-0.2, -0.15) is 0 Å². The molecule has 4 nitrogen and oxygen atoms in total. The molecule has 0 radical (unpaired) electrons. The van der Waals surface area contributed by atoms with Gasteiger partial charge in [-0.15, -0.1) is 0 Å². The number of sulfone groups is 1. The van der Waals surface area contributed by atoms with Crippen LogP contribution in [0.5, 0.6) is 0 Å². The molecule has 0 spiro atoms. The van der Waals surface area contributed by atoms with E-state index in [-0.39, 0.29) is 4.90 Å². The van der Waals surface area contributed by atoms with Crippen molar-refractivity contribution in [2.24, 2.45) is 5.92 Å². The lowest BCUT2D eigenvalue weighted by molar-refractivity contribution is 0.602. The van der Waals surface area contributed by atoms with Gasteiger partial charge in [0.05, 0.1) is 16.3 Å². The average molecular weight is 282 g/mol. The van der Waals surface area contributed by atoms with Gasteiger partial charge in [-0.1, -0.05) is 6.92 Å². The molecule has 1 aromatic carbocycles. The molecule has 1 fully saturated rings. The van der Waals surface area contributed by atoms with E-state index in [2.05, 4.69) is 11.8 Å². The van der Waals surface area contributed by atoms with Crippen LogP contribution in [-0.2, 0) is 9.84 Å². The first-order valence-electron chi connectivity index (χ1n) is 6.76. The highest BCUT2D eigenvalue weighted by Gasteiger charge is 2.25. The fourth-order valence-corrected chi connectivity index (χ4v) is 2.90. The monoisotopic (exact) mass is 282 g/mol. The second-order valence-electron chi connectivity index (χ2n) is 5.38. The van der Waals surface area contributed by atoms with Crippen LogP contribution in [0.25, 0.3) is 0 Å². The van der Waals surface area contributed by atoms with Crippen molar-refractivity contribution in [3.05, 3.63) is 18.2 Å². The molecule has 1 aliphatic rings. The van der Waals surface area contributed by atoms with Crippen molar-refractivity contribution in [3.8, 4) is 0 Å². The Morgan fingerprint density at radius 2 is 2.05 bits per heavy atom. The number of nitrogens with zero attached hydrogens (tertiary/aromatic N) is 1. The molecule has 2 N–H and O–H groups in total. The predicted molar refractivity (Wildman–Crippen MR) is 79.2 cm³/mol. The van der Waals surface area contributed by atoms with E-state index in [1.807, 2.05) is 6.07 Å². The van der Waals surface area contributed by atoms with E-state index in [4.69, 9.17) is 5.73 Å². The topological polar surface area (TPSA) is 63.4 Å². The Kier molecular flexibility index (Phi) is 4.04. The van der Waals surface area contributed by atoms with Crippen molar-refractivity contribution in [2.45, 2.75) is 31.1 Å². The first-order chi connectivity index (χ1) is 8.91. The van der Waals surface area contributed by atoms with E-state index in [9.17, 15) is 8.42 Å². The van der Waals surface area contributed by atoms with Crippen LogP contribution in [0.2, 0.25) is 0 Å². The van der Waals surface area contributed by atoms with E-state index in [0.29, 0.717) is 5.69 Å². The van der Waals surface area contributed by atoms with Gasteiger partial charge in [-0.05, 0) is 43.4 Å². The first kappa shape index (κ1) is 14.2. The van der Waals surface area contributed by atoms with Gasteiger partial charge in [0.15, 0.2) is 9.84 Å². The highest BCUT2D eigenvalue weighted by atomic mass is 32.2. The maximum atomic E-state index is 11.5. The Bertz CT molecular complexity index is 551. The molecule has 0 atom stereocenters. The molecule has 0 bridgehead atoms. The molecule has 1 aliphatic carbocycles. The summed E-state index contributed by atoms with van der Waals surface area (Å²) in [6.45, 7) is 4.12. The summed E-state index contributed by atoms with van der Waals surface area (Å²) < 4.78 is 23.0. The van der Waals surface area contributed by atoms with Crippen LogP contribution < -0.4 is 10.6 Å². The zero-order chi connectivity index (χ0) is 14.0. The second kappa shape index (κ2) is 5.41. The van der Waals surface area contributed by atoms with Gasteiger partial charge >= 0.3 is 0 Å². The van der Waals surface area contributed by atoms with Gasteiger partial charge in [0.1, 0.15) is 0 Å². The number of anilines is 2. The summed E-state index contributed by atoms with van der Waals surface area (Å²) in [5.41, 5.74) is 7.55. The van der Waals surface area contributed by atoms with E-state index in [1.165, 1.54) is 19.1 Å². The number of hydrogen-bond donors (Lipinski definition) is 1. The molecule has 1 aromatic rings. The van der Waals surface area contributed by atoms with Gasteiger partial charge in [-0.25, -0.2) is 8.42 Å². The second-order valence-corrected chi connectivity index (χ2v) is 7.40. The molecular weight excluding hydrogens is 260 g/mol. The molecular formula is C14H22N2O2S. The van der Waals surface area contributed by atoms with Crippen LogP contribution >= 0.6 is 0 Å². The standard InChI is InChI=1S/C14H22N2O2S/c1-3-8-16(10-11-4-5-11)14-7-6-12(9-13(14)15)19(2,17)18/h6-7,9,11H,3-5,8,10,15H2,1-2H3. The maximum absolute atomic E-state index is 11.5. The van der Waals surface area contributed by atoms with Crippen molar-refractivity contribution in [2.75, 3.05) is 30.0 Å². The smallest absolute Gasteiger partial charge is 0.175 e. The molecule has 0 saturated heterocycles. The quantitative estimate of drug-likeness (QED) is 0.813. The minimum Gasteiger partial charge on any atom is -0.397 e. The van der Waals surface area contributed by atoms with E-state index in [1.54, 1.807) is 12.1 Å². The summed E-state index contributed by atoms with van der Waals surface area (Å²) in [5.74, 6) is 0.778. The van der Waals surface area contributed by atoms with Crippen molar-refractivity contribution in [3.63, 3.8) is 0 Å². The lowest BCUT2D eigenvalue weighted by Crippen LogP contribution is -2.27. The molecule has 0 aliphatic heterocycles. The van der Waals surface area contributed by atoms with E-state index in [0.717, 1.165) is 31.1 Å². The summed E-state index contributed by atoms with van der Waals surface area (Å²) in [7, 11) is -3.19. The number of rotatable bonds is 6. The molecule has 5 heteroatoms. The maximum Gasteiger partial charge on any atom is 0.175 e. The van der Waals surface area contributed by atoms with Crippen LogP contribution in [0.15, 0.2) is 23.1 Å². The lowest BCUT2D eigenvalue weighted by atomic mass is 10.2. The Hall–Kier alpha value is -1.23. The molecule has 0 aromatic heterocycles.